The first-order valence-electron chi connectivity index (χ1n) is 6.94. The molecule has 23 heavy (non-hydrogen) atoms. The van der Waals surface area contributed by atoms with E-state index in [0.29, 0.717) is 6.42 Å². The maximum Gasteiger partial charge on any atom is 0.331 e. The molecule has 1 atom stereocenters. The van der Waals surface area contributed by atoms with E-state index >= 15 is 0 Å². The van der Waals surface area contributed by atoms with Gasteiger partial charge in [-0.25, -0.2) is 13.2 Å². The smallest absolute Gasteiger partial charge is 0.331 e. The minimum atomic E-state index is -3.05. The third kappa shape index (κ3) is 6.15. The van der Waals surface area contributed by atoms with Crippen LogP contribution in [0.1, 0.15) is 12.0 Å². The normalized spacial score (nSPS) is 19.6. The Hall–Kier alpha value is -1.67. The highest BCUT2D eigenvalue weighted by Crippen LogP contribution is 2.12. The van der Waals surface area contributed by atoms with Crippen LogP contribution >= 0.6 is 15.9 Å². The van der Waals surface area contributed by atoms with E-state index in [2.05, 4.69) is 21.2 Å². The number of halogens is 1. The van der Waals surface area contributed by atoms with E-state index in [-0.39, 0.29) is 11.5 Å². The van der Waals surface area contributed by atoms with Crippen LogP contribution < -0.4 is 5.32 Å². The molecule has 124 valence electrons. The number of hydrogen-bond donors (Lipinski definition) is 1. The lowest BCUT2D eigenvalue weighted by Gasteiger charge is -2.10. The molecule has 6 nitrogen and oxygen atoms in total. The van der Waals surface area contributed by atoms with Crippen molar-refractivity contribution >= 4 is 43.7 Å². The Morgan fingerprint density at radius 2 is 2.00 bits per heavy atom. The lowest BCUT2D eigenvalue weighted by atomic mass is 10.2. The summed E-state index contributed by atoms with van der Waals surface area (Å²) in [6.07, 6.45) is 3.21. The summed E-state index contributed by atoms with van der Waals surface area (Å²) in [7, 11) is -3.05. The zero-order valence-electron chi connectivity index (χ0n) is 12.2. The second-order valence-corrected chi connectivity index (χ2v) is 8.30. The van der Waals surface area contributed by atoms with Gasteiger partial charge in [0.05, 0.1) is 11.5 Å². The quantitative estimate of drug-likeness (QED) is 0.593. The fourth-order valence-electron chi connectivity index (χ4n) is 2.10. The van der Waals surface area contributed by atoms with Gasteiger partial charge in [-0.15, -0.1) is 0 Å². The number of nitrogens with one attached hydrogen (secondary N) is 1. The van der Waals surface area contributed by atoms with Crippen molar-refractivity contribution in [2.75, 3.05) is 18.1 Å². The summed E-state index contributed by atoms with van der Waals surface area (Å²) in [5.74, 6) is -1.12. The molecule has 0 saturated carbocycles. The Kier molecular flexibility index (Phi) is 5.95. The number of carbonyl (C=O) groups excluding carboxylic acids is 2. The first kappa shape index (κ1) is 17.7. The number of ether oxygens (including phenoxy) is 1. The standard InChI is InChI=1S/C15H16BrNO5S/c16-12-4-1-11(2-5-12)3-6-15(19)22-9-14(18)17-13-7-8-23(20,21)10-13/h1-6,13H,7-10H2,(H,17,18)/b6-3+/t13-/m1/s1. The van der Waals surface area contributed by atoms with E-state index < -0.39 is 34.4 Å². The van der Waals surface area contributed by atoms with Crippen molar-refractivity contribution in [1.29, 1.82) is 0 Å². The molecule has 0 unspecified atom stereocenters. The minimum absolute atomic E-state index is 0.0594. The lowest BCUT2D eigenvalue weighted by molar-refractivity contribution is -0.143. The summed E-state index contributed by atoms with van der Waals surface area (Å²) >= 11 is 3.31. The van der Waals surface area contributed by atoms with Crippen LogP contribution in [-0.2, 0) is 24.2 Å². The number of rotatable bonds is 5. The highest BCUT2D eigenvalue weighted by atomic mass is 79.9. The summed E-state index contributed by atoms with van der Waals surface area (Å²) in [5.41, 5.74) is 0.825. The molecule has 0 spiro atoms. The van der Waals surface area contributed by atoms with Gasteiger partial charge in [-0.3, -0.25) is 4.79 Å². The van der Waals surface area contributed by atoms with Gasteiger partial charge in [-0.2, -0.15) is 0 Å². The van der Waals surface area contributed by atoms with Crippen molar-refractivity contribution in [2.45, 2.75) is 12.5 Å². The monoisotopic (exact) mass is 401 g/mol. The molecule has 1 saturated heterocycles. The molecule has 1 heterocycles. The Labute approximate surface area is 142 Å². The third-order valence-corrected chi connectivity index (χ3v) is 5.52. The lowest BCUT2D eigenvalue weighted by Crippen LogP contribution is -2.38. The van der Waals surface area contributed by atoms with E-state index in [1.807, 2.05) is 24.3 Å². The molecule has 1 aliphatic heterocycles. The molecule has 1 amide bonds. The number of sulfone groups is 1. The molecule has 1 aromatic rings. The van der Waals surface area contributed by atoms with Gasteiger partial charge in [0.15, 0.2) is 16.4 Å². The van der Waals surface area contributed by atoms with Gasteiger partial charge >= 0.3 is 5.97 Å². The van der Waals surface area contributed by atoms with Crippen LogP contribution in [0.4, 0.5) is 0 Å². The van der Waals surface area contributed by atoms with Crippen LogP contribution in [0.2, 0.25) is 0 Å². The molecule has 0 aliphatic carbocycles. The Balaban J connectivity index is 1.73. The predicted molar refractivity (Wildman–Crippen MR) is 89.3 cm³/mol. The van der Waals surface area contributed by atoms with Crippen LogP contribution in [0.15, 0.2) is 34.8 Å². The van der Waals surface area contributed by atoms with Crippen LogP contribution in [0.3, 0.4) is 0 Å². The molecule has 1 fully saturated rings. The van der Waals surface area contributed by atoms with Gasteiger partial charge in [-0.1, -0.05) is 28.1 Å². The van der Waals surface area contributed by atoms with E-state index in [1.54, 1.807) is 6.08 Å². The fraction of sp³-hybridized carbons (Fsp3) is 0.333. The number of carbonyl (C=O) groups is 2. The maximum atomic E-state index is 11.6. The van der Waals surface area contributed by atoms with E-state index in [1.165, 1.54) is 6.08 Å². The predicted octanol–water partition coefficient (Wildman–Crippen LogP) is 1.31. The van der Waals surface area contributed by atoms with Crippen LogP contribution in [-0.4, -0.2) is 44.4 Å². The fourth-order valence-corrected chi connectivity index (χ4v) is 4.04. The molecule has 2 rings (SSSR count). The van der Waals surface area contributed by atoms with Crippen LogP contribution in [0.5, 0.6) is 0 Å². The van der Waals surface area contributed by atoms with Crippen LogP contribution in [0.25, 0.3) is 6.08 Å². The second kappa shape index (κ2) is 7.74. The summed E-state index contributed by atoms with van der Waals surface area (Å²) in [5, 5.41) is 2.55. The third-order valence-electron chi connectivity index (χ3n) is 3.22. The van der Waals surface area contributed by atoms with Gasteiger partial charge in [0.2, 0.25) is 0 Å². The van der Waals surface area contributed by atoms with Crippen molar-refractivity contribution in [1.82, 2.24) is 5.32 Å². The highest BCUT2D eigenvalue weighted by Gasteiger charge is 2.28. The van der Waals surface area contributed by atoms with Gasteiger partial charge in [0.25, 0.3) is 5.91 Å². The number of benzene rings is 1. The number of hydrogen-bond acceptors (Lipinski definition) is 5. The molecule has 1 aliphatic rings. The summed E-state index contributed by atoms with van der Waals surface area (Å²) in [4.78, 5) is 23.1. The molecule has 8 heteroatoms. The average Bonchev–Trinajstić information content (AvgIpc) is 2.83. The first-order chi connectivity index (χ1) is 10.8. The number of amides is 1. The van der Waals surface area contributed by atoms with Crippen molar-refractivity contribution in [3.63, 3.8) is 0 Å². The molecular formula is C15H16BrNO5S. The molecule has 0 radical (unpaired) electrons. The van der Waals surface area contributed by atoms with E-state index in [0.717, 1.165) is 10.0 Å². The zero-order chi connectivity index (χ0) is 16.9. The van der Waals surface area contributed by atoms with Gasteiger partial charge in [0, 0.05) is 16.6 Å². The SMILES string of the molecule is O=C(COC(=O)/C=C/c1ccc(Br)cc1)N[C@@H]1CCS(=O)(=O)C1. The Morgan fingerprint density at radius 3 is 2.61 bits per heavy atom. The first-order valence-corrected chi connectivity index (χ1v) is 9.56. The van der Waals surface area contributed by atoms with Crippen molar-refractivity contribution in [2.24, 2.45) is 0 Å². The molecule has 0 aromatic heterocycles. The summed E-state index contributed by atoms with van der Waals surface area (Å²) < 4.78 is 28.3. The molecular weight excluding hydrogens is 386 g/mol. The zero-order valence-corrected chi connectivity index (χ0v) is 14.6. The maximum absolute atomic E-state index is 11.6. The number of esters is 1. The topological polar surface area (TPSA) is 89.5 Å². The van der Waals surface area contributed by atoms with Crippen molar-refractivity contribution < 1.29 is 22.7 Å². The van der Waals surface area contributed by atoms with Gasteiger partial charge in [0.1, 0.15) is 0 Å². The Bertz CT molecular complexity index is 712. The van der Waals surface area contributed by atoms with E-state index in [9.17, 15) is 18.0 Å². The van der Waals surface area contributed by atoms with E-state index in [4.69, 9.17) is 4.74 Å². The largest absolute Gasteiger partial charge is 0.452 e. The molecule has 1 N–H and O–H groups in total. The average molecular weight is 402 g/mol. The van der Waals surface area contributed by atoms with Gasteiger partial charge in [-0.05, 0) is 30.2 Å². The van der Waals surface area contributed by atoms with Crippen molar-refractivity contribution in [3.8, 4) is 0 Å². The van der Waals surface area contributed by atoms with Gasteiger partial charge < -0.3 is 10.1 Å². The molecule has 0 bridgehead atoms. The van der Waals surface area contributed by atoms with Crippen LogP contribution in [0, 0.1) is 0 Å². The molecule has 1 aromatic carbocycles. The Morgan fingerprint density at radius 1 is 1.30 bits per heavy atom. The van der Waals surface area contributed by atoms with Crippen molar-refractivity contribution in [3.05, 3.63) is 40.4 Å². The highest BCUT2D eigenvalue weighted by molar-refractivity contribution is 9.10. The summed E-state index contributed by atoms with van der Waals surface area (Å²) in [6, 6.07) is 6.93. The second-order valence-electron chi connectivity index (χ2n) is 5.16. The summed E-state index contributed by atoms with van der Waals surface area (Å²) in [6.45, 7) is -0.430. The minimum Gasteiger partial charge on any atom is -0.452 e.